The summed E-state index contributed by atoms with van der Waals surface area (Å²) >= 11 is 5.87. The highest BCUT2D eigenvalue weighted by molar-refractivity contribution is 7.88. The summed E-state index contributed by atoms with van der Waals surface area (Å²) in [7, 11) is -1.75. The second kappa shape index (κ2) is 8.45. The molecule has 0 radical (unpaired) electrons. The zero-order valence-electron chi connectivity index (χ0n) is 16.8. The Morgan fingerprint density at radius 3 is 2.71 bits per heavy atom. The van der Waals surface area contributed by atoms with Crippen LogP contribution in [-0.4, -0.2) is 55.3 Å². The summed E-state index contributed by atoms with van der Waals surface area (Å²) in [6.45, 7) is 0.672. The summed E-state index contributed by atoms with van der Waals surface area (Å²) in [6.07, 6.45) is 2.84. The predicted molar refractivity (Wildman–Crippen MR) is 116 cm³/mol. The van der Waals surface area contributed by atoms with Crippen LogP contribution in [0, 0.1) is 5.82 Å². The molecule has 2 heterocycles. The zero-order valence-corrected chi connectivity index (χ0v) is 18.4. The lowest BCUT2D eigenvalue weighted by Gasteiger charge is -2.18. The lowest BCUT2D eigenvalue weighted by atomic mass is 10.2. The molecule has 1 aliphatic rings. The number of benzene rings is 2. The number of sulfonamides is 1. The Morgan fingerprint density at radius 1 is 1.23 bits per heavy atom. The van der Waals surface area contributed by atoms with Crippen molar-refractivity contribution < 1.29 is 22.3 Å². The first-order valence-corrected chi connectivity index (χ1v) is 11.6. The fourth-order valence-corrected chi connectivity index (χ4v) is 4.46. The normalized spacial score (nSPS) is 17.1. The van der Waals surface area contributed by atoms with E-state index in [1.807, 2.05) is 0 Å². The molecule has 11 heteroatoms. The number of hydrogen-bond donors (Lipinski definition) is 1. The van der Waals surface area contributed by atoms with E-state index in [9.17, 15) is 12.8 Å². The highest BCUT2D eigenvalue weighted by Crippen LogP contribution is 2.36. The number of nitrogens with one attached hydrogen (secondary N) is 1. The van der Waals surface area contributed by atoms with Gasteiger partial charge in [0.25, 0.3) is 0 Å². The van der Waals surface area contributed by atoms with Gasteiger partial charge in [-0.05, 0) is 30.7 Å². The van der Waals surface area contributed by atoms with Crippen LogP contribution in [0.3, 0.4) is 0 Å². The molecular formula is C20H20ClFN4O4S. The van der Waals surface area contributed by atoms with Crippen molar-refractivity contribution in [3.63, 3.8) is 0 Å². The third-order valence-corrected chi connectivity index (χ3v) is 6.53. The van der Waals surface area contributed by atoms with Crippen LogP contribution >= 0.6 is 11.6 Å². The predicted octanol–water partition coefficient (Wildman–Crippen LogP) is 3.59. The van der Waals surface area contributed by atoms with Crippen molar-refractivity contribution in [2.45, 2.75) is 12.5 Å². The van der Waals surface area contributed by atoms with E-state index in [0.29, 0.717) is 46.9 Å². The molecule has 4 rings (SSSR count). The molecule has 1 aromatic heterocycles. The van der Waals surface area contributed by atoms with Gasteiger partial charge in [0, 0.05) is 23.7 Å². The standard InChI is InChI=1S/C20H20ClFN4O4S/c1-29-18-9-17-14(8-19(18)30-13-5-6-26(10-13)31(2,27)28)20(24-11-23-17)25-12-3-4-16(22)15(21)7-12/h3-4,7-9,11,13H,5-6,10H2,1-2H3,(H,23,24,25)/t13-/m0/s1. The summed E-state index contributed by atoms with van der Waals surface area (Å²) in [5.74, 6) is 0.884. The van der Waals surface area contributed by atoms with Crippen LogP contribution in [0.15, 0.2) is 36.7 Å². The summed E-state index contributed by atoms with van der Waals surface area (Å²) in [4.78, 5) is 8.56. The third kappa shape index (κ3) is 4.65. The average Bonchev–Trinajstić information content (AvgIpc) is 3.20. The molecule has 0 bridgehead atoms. The van der Waals surface area contributed by atoms with Crippen molar-refractivity contribution in [2.24, 2.45) is 0 Å². The first kappa shape index (κ1) is 21.5. The van der Waals surface area contributed by atoms with Crippen LogP contribution in [-0.2, 0) is 10.0 Å². The van der Waals surface area contributed by atoms with Crippen molar-refractivity contribution in [3.05, 3.63) is 47.5 Å². The number of rotatable bonds is 6. The van der Waals surface area contributed by atoms with E-state index >= 15 is 0 Å². The van der Waals surface area contributed by atoms with Gasteiger partial charge in [-0.25, -0.2) is 22.8 Å². The van der Waals surface area contributed by atoms with Crippen LogP contribution in [0.4, 0.5) is 15.9 Å². The molecule has 0 unspecified atom stereocenters. The van der Waals surface area contributed by atoms with Crippen LogP contribution < -0.4 is 14.8 Å². The summed E-state index contributed by atoms with van der Waals surface area (Å²) in [6, 6.07) is 7.74. The van der Waals surface area contributed by atoms with Crippen molar-refractivity contribution in [1.29, 1.82) is 0 Å². The van der Waals surface area contributed by atoms with Gasteiger partial charge in [-0.2, -0.15) is 4.31 Å². The largest absolute Gasteiger partial charge is 0.493 e. The highest BCUT2D eigenvalue weighted by atomic mass is 35.5. The lowest BCUT2D eigenvalue weighted by Crippen LogP contribution is -2.29. The van der Waals surface area contributed by atoms with E-state index in [4.69, 9.17) is 21.1 Å². The Labute approximate surface area is 184 Å². The molecule has 0 amide bonds. The Balaban J connectivity index is 1.66. The quantitative estimate of drug-likeness (QED) is 0.593. The molecule has 8 nitrogen and oxygen atoms in total. The fraction of sp³-hybridized carbons (Fsp3) is 0.300. The van der Waals surface area contributed by atoms with Gasteiger partial charge < -0.3 is 14.8 Å². The number of halogens is 2. The van der Waals surface area contributed by atoms with E-state index in [1.54, 1.807) is 18.2 Å². The van der Waals surface area contributed by atoms with Crippen molar-refractivity contribution in [3.8, 4) is 11.5 Å². The van der Waals surface area contributed by atoms with E-state index in [2.05, 4.69) is 15.3 Å². The van der Waals surface area contributed by atoms with Gasteiger partial charge in [0.05, 0.1) is 30.4 Å². The van der Waals surface area contributed by atoms with Crippen molar-refractivity contribution in [2.75, 3.05) is 31.8 Å². The van der Waals surface area contributed by atoms with Gasteiger partial charge in [0.15, 0.2) is 11.5 Å². The number of anilines is 2. The molecule has 3 aromatic rings. The van der Waals surface area contributed by atoms with Crippen molar-refractivity contribution >= 4 is 44.0 Å². The smallest absolute Gasteiger partial charge is 0.211 e. The van der Waals surface area contributed by atoms with Crippen LogP contribution in [0.5, 0.6) is 11.5 Å². The average molecular weight is 467 g/mol. The van der Waals surface area contributed by atoms with Gasteiger partial charge in [-0.1, -0.05) is 11.6 Å². The van der Waals surface area contributed by atoms with Gasteiger partial charge in [0.2, 0.25) is 10.0 Å². The van der Waals surface area contributed by atoms with E-state index in [1.165, 1.54) is 36.1 Å². The number of ether oxygens (including phenoxy) is 2. The van der Waals surface area contributed by atoms with Gasteiger partial charge in [0.1, 0.15) is 24.1 Å². The SMILES string of the molecule is COc1cc2ncnc(Nc3ccc(F)c(Cl)c3)c2cc1O[C@H]1CCN(S(C)(=O)=O)C1. The molecule has 164 valence electrons. The summed E-state index contributed by atoms with van der Waals surface area (Å²) < 4.78 is 49.9. The second-order valence-corrected chi connectivity index (χ2v) is 9.54. The molecule has 1 saturated heterocycles. The van der Waals surface area contributed by atoms with Crippen LogP contribution in [0.1, 0.15) is 6.42 Å². The maximum absolute atomic E-state index is 13.5. The lowest BCUT2D eigenvalue weighted by molar-refractivity contribution is 0.206. The summed E-state index contributed by atoms with van der Waals surface area (Å²) in [5, 5.41) is 3.76. The van der Waals surface area contributed by atoms with Gasteiger partial charge >= 0.3 is 0 Å². The van der Waals surface area contributed by atoms with Crippen LogP contribution in [0.25, 0.3) is 10.9 Å². The summed E-state index contributed by atoms with van der Waals surface area (Å²) in [5.41, 5.74) is 1.17. The minimum Gasteiger partial charge on any atom is -0.493 e. The molecule has 1 fully saturated rings. The van der Waals surface area contributed by atoms with Crippen LogP contribution in [0.2, 0.25) is 5.02 Å². The van der Waals surface area contributed by atoms with Gasteiger partial charge in [-0.3, -0.25) is 0 Å². The number of nitrogens with zero attached hydrogens (tertiary/aromatic N) is 3. The molecular weight excluding hydrogens is 447 g/mol. The maximum Gasteiger partial charge on any atom is 0.211 e. The third-order valence-electron chi connectivity index (χ3n) is 4.97. The highest BCUT2D eigenvalue weighted by Gasteiger charge is 2.30. The first-order chi connectivity index (χ1) is 14.7. The Kier molecular flexibility index (Phi) is 5.87. The topological polar surface area (TPSA) is 93.7 Å². The fourth-order valence-electron chi connectivity index (χ4n) is 3.40. The molecule has 0 aliphatic carbocycles. The monoisotopic (exact) mass is 466 g/mol. The Morgan fingerprint density at radius 2 is 2.03 bits per heavy atom. The number of hydrogen-bond acceptors (Lipinski definition) is 7. The molecule has 31 heavy (non-hydrogen) atoms. The first-order valence-electron chi connectivity index (χ1n) is 9.41. The number of fused-ring (bicyclic) bond motifs is 1. The molecule has 0 spiro atoms. The number of methoxy groups -OCH3 is 1. The Hall–Kier alpha value is -2.69. The molecule has 1 atom stereocenters. The van der Waals surface area contributed by atoms with E-state index < -0.39 is 15.8 Å². The van der Waals surface area contributed by atoms with Gasteiger partial charge in [-0.15, -0.1) is 0 Å². The second-order valence-electron chi connectivity index (χ2n) is 7.15. The minimum absolute atomic E-state index is 0.00860. The van der Waals surface area contributed by atoms with Crippen molar-refractivity contribution in [1.82, 2.24) is 14.3 Å². The van der Waals surface area contributed by atoms with E-state index in [-0.39, 0.29) is 17.7 Å². The Bertz CT molecular complexity index is 1240. The zero-order chi connectivity index (χ0) is 22.2. The maximum atomic E-state index is 13.5. The molecule has 0 saturated carbocycles. The molecule has 2 aromatic carbocycles. The molecule has 1 N–H and O–H groups in total. The minimum atomic E-state index is -3.27. The van der Waals surface area contributed by atoms with E-state index in [0.717, 1.165) is 0 Å². The molecule has 1 aliphatic heterocycles. The number of aromatic nitrogens is 2.